The molecule has 2 heterocycles. The van der Waals surface area contributed by atoms with Gasteiger partial charge in [0.05, 0.1) is 11.4 Å². The fourth-order valence-electron chi connectivity index (χ4n) is 2.43. The molecule has 0 atom stereocenters. The van der Waals surface area contributed by atoms with Crippen molar-refractivity contribution in [1.82, 2.24) is 0 Å². The highest BCUT2D eigenvalue weighted by molar-refractivity contribution is 5.49. The maximum absolute atomic E-state index is 4.33. The molecule has 0 spiro atoms. The molecule has 0 saturated heterocycles. The van der Waals surface area contributed by atoms with Crippen molar-refractivity contribution < 1.29 is 0 Å². The molecule has 4 heteroatoms. The van der Waals surface area contributed by atoms with E-state index in [0.29, 0.717) is 0 Å². The van der Waals surface area contributed by atoms with Crippen molar-refractivity contribution in [3.05, 3.63) is 33.9 Å². The molecule has 0 amide bonds. The highest BCUT2D eigenvalue weighted by atomic mass is 15.2. The molecule has 4 nitrogen and oxygen atoms in total. The number of allylic oxidation sites excluding steroid dienone is 4. The van der Waals surface area contributed by atoms with E-state index in [0.717, 1.165) is 48.5 Å². The van der Waals surface area contributed by atoms with Crippen molar-refractivity contribution in [2.75, 3.05) is 0 Å². The molecule has 0 fully saturated rings. The van der Waals surface area contributed by atoms with Crippen molar-refractivity contribution in [2.24, 2.45) is 20.5 Å². The lowest BCUT2D eigenvalue weighted by molar-refractivity contribution is 0.995. The molecule has 96 valence electrons. The van der Waals surface area contributed by atoms with Crippen LogP contribution in [0.25, 0.3) is 0 Å². The van der Waals surface area contributed by atoms with Gasteiger partial charge in [-0.3, -0.25) is 0 Å². The zero-order chi connectivity index (χ0) is 13.1. The molecule has 2 aliphatic heterocycles. The molecule has 0 N–H and O–H groups in total. The van der Waals surface area contributed by atoms with Crippen molar-refractivity contribution in [1.29, 1.82) is 0 Å². The maximum Gasteiger partial charge on any atom is 0.119 e. The monoisotopic (exact) mass is 244 g/mol. The van der Waals surface area contributed by atoms with Crippen LogP contribution in [0.2, 0.25) is 0 Å². The molecular weight excluding hydrogens is 224 g/mol. The lowest BCUT2D eigenvalue weighted by Crippen LogP contribution is -1.93. The van der Waals surface area contributed by atoms with Crippen molar-refractivity contribution in [3.63, 3.8) is 0 Å². The van der Waals surface area contributed by atoms with Crippen molar-refractivity contribution in [3.8, 4) is 0 Å². The molecule has 0 bridgehead atoms. The Balaban J connectivity index is 2.52. The highest BCUT2D eigenvalue weighted by Gasteiger charge is 2.25. The van der Waals surface area contributed by atoms with E-state index in [-0.39, 0.29) is 0 Å². The molecule has 0 aromatic rings. The first kappa shape index (κ1) is 12.9. The molecule has 0 radical (unpaired) electrons. The summed E-state index contributed by atoms with van der Waals surface area (Å²) in [6.07, 6.45) is 3.74. The molecule has 0 saturated carbocycles. The number of hydrogen-bond donors (Lipinski definition) is 0. The van der Waals surface area contributed by atoms with Crippen LogP contribution < -0.4 is 0 Å². The Morgan fingerprint density at radius 1 is 0.556 bits per heavy atom. The zero-order valence-corrected chi connectivity index (χ0v) is 11.6. The quantitative estimate of drug-likeness (QED) is 0.646. The largest absolute Gasteiger partial charge is 0.155 e. The van der Waals surface area contributed by atoms with Crippen molar-refractivity contribution in [2.45, 2.75) is 53.4 Å². The minimum Gasteiger partial charge on any atom is -0.155 e. The van der Waals surface area contributed by atoms with E-state index >= 15 is 0 Å². The minimum absolute atomic E-state index is 0.923. The van der Waals surface area contributed by atoms with E-state index < -0.39 is 0 Å². The van der Waals surface area contributed by atoms with Crippen LogP contribution in [-0.2, 0) is 0 Å². The highest BCUT2D eigenvalue weighted by Crippen LogP contribution is 2.39. The van der Waals surface area contributed by atoms with Gasteiger partial charge < -0.3 is 0 Å². The minimum atomic E-state index is 0.923. The van der Waals surface area contributed by atoms with Crippen LogP contribution in [0.15, 0.2) is 54.4 Å². The second-order valence-electron chi connectivity index (χ2n) is 4.36. The summed E-state index contributed by atoms with van der Waals surface area (Å²) in [5.74, 6) is 0. The Morgan fingerprint density at radius 2 is 0.944 bits per heavy atom. The summed E-state index contributed by atoms with van der Waals surface area (Å²) < 4.78 is 0. The number of nitrogens with zero attached hydrogens (tertiary/aromatic N) is 4. The molecule has 18 heavy (non-hydrogen) atoms. The maximum atomic E-state index is 4.33. The summed E-state index contributed by atoms with van der Waals surface area (Å²) in [7, 11) is 0. The first-order valence-electron chi connectivity index (χ1n) is 6.79. The summed E-state index contributed by atoms with van der Waals surface area (Å²) >= 11 is 0. The lowest BCUT2D eigenvalue weighted by Gasteiger charge is -2.06. The molecule has 2 aliphatic rings. The molecule has 0 aromatic heterocycles. The van der Waals surface area contributed by atoms with Gasteiger partial charge in [0.2, 0.25) is 0 Å². The van der Waals surface area contributed by atoms with Gasteiger partial charge in [-0.25, -0.2) is 0 Å². The Bertz CT molecular complexity index is 458. The van der Waals surface area contributed by atoms with Gasteiger partial charge in [-0.15, -0.1) is 10.2 Å². The van der Waals surface area contributed by atoms with E-state index in [9.17, 15) is 0 Å². The average Bonchev–Trinajstić information content (AvgIpc) is 3.00. The zero-order valence-electron chi connectivity index (χ0n) is 11.6. The summed E-state index contributed by atoms with van der Waals surface area (Å²) in [5, 5.41) is 17.2. The number of hydrogen-bond acceptors (Lipinski definition) is 4. The van der Waals surface area contributed by atoms with Gasteiger partial charge in [0.15, 0.2) is 0 Å². The topological polar surface area (TPSA) is 49.4 Å². The van der Waals surface area contributed by atoms with E-state index in [1.54, 1.807) is 0 Å². The van der Waals surface area contributed by atoms with Crippen LogP contribution in [0.1, 0.15) is 53.4 Å². The lowest BCUT2D eigenvalue weighted by atomic mass is 10.00. The third-order valence-corrected chi connectivity index (χ3v) is 3.41. The first-order valence-corrected chi connectivity index (χ1v) is 6.79. The van der Waals surface area contributed by atoms with Gasteiger partial charge in [-0.05, 0) is 25.7 Å². The van der Waals surface area contributed by atoms with Crippen LogP contribution in [-0.4, -0.2) is 0 Å². The number of azo groups is 2. The van der Waals surface area contributed by atoms with Crippen LogP contribution in [0.3, 0.4) is 0 Å². The van der Waals surface area contributed by atoms with Gasteiger partial charge in [0.1, 0.15) is 11.4 Å². The standard InChI is InChI=1S/C14H20N4/c1-5-9-11(7-3)15-17-13(9)14-10(6-2)12(8-4)16-18-14/h5-8H2,1-4H3. The first-order chi connectivity index (χ1) is 8.76. The van der Waals surface area contributed by atoms with Crippen molar-refractivity contribution >= 4 is 0 Å². The van der Waals surface area contributed by atoms with Gasteiger partial charge in [0, 0.05) is 11.1 Å². The SMILES string of the molecule is CCC1=C(CC)C(=C2N=NC(CC)=C2CC)N=N1. The summed E-state index contributed by atoms with van der Waals surface area (Å²) in [5.41, 5.74) is 6.53. The Morgan fingerprint density at radius 3 is 1.22 bits per heavy atom. The molecule has 0 unspecified atom stereocenters. The summed E-state index contributed by atoms with van der Waals surface area (Å²) in [6.45, 7) is 8.51. The Kier molecular flexibility index (Phi) is 3.84. The molecule has 2 rings (SSSR count). The third-order valence-electron chi connectivity index (χ3n) is 3.41. The van der Waals surface area contributed by atoms with Crippen LogP contribution in [0, 0.1) is 0 Å². The average molecular weight is 244 g/mol. The fraction of sp³-hybridized carbons (Fsp3) is 0.571. The van der Waals surface area contributed by atoms with Crippen LogP contribution in [0.4, 0.5) is 0 Å². The number of rotatable bonds is 4. The summed E-state index contributed by atoms with van der Waals surface area (Å²) in [4.78, 5) is 0. The predicted molar refractivity (Wildman–Crippen MR) is 72.0 cm³/mol. The smallest absolute Gasteiger partial charge is 0.119 e. The van der Waals surface area contributed by atoms with E-state index in [4.69, 9.17) is 0 Å². The van der Waals surface area contributed by atoms with E-state index in [1.807, 2.05) is 0 Å². The normalized spacial score (nSPS) is 22.9. The van der Waals surface area contributed by atoms with E-state index in [2.05, 4.69) is 48.2 Å². The molecule has 0 aliphatic carbocycles. The van der Waals surface area contributed by atoms with Crippen LogP contribution in [0.5, 0.6) is 0 Å². The summed E-state index contributed by atoms with van der Waals surface area (Å²) in [6, 6.07) is 0. The second-order valence-corrected chi connectivity index (χ2v) is 4.36. The molecule has 0 aromatic carbocycles. The Labute approximate surface area is 108 Å². The van der Waals surface area contributed by atoms with Crippen LogP contribution >= 0.6 is 0 Å². The van der Waals surface area contributed by atoms with Gasteiger partial charge in [-0.2, -0.15) is 10.2 Å². The van der Waals surface area contributed by atoms with Gasteiger partial charge >= 0.3 is 0 Å². The third kappa shape index (κ3) is 1.96. The predicted octanol–water partition coefficient (Wildman–Crippen LogP) is 5.28. The Hall–Kier alpha value is -1.58. The van der Waals surface area contributed by atoms with E-state index in [1.165, 1.54) is 11.1 Å². The van der Waals surface area contributed by atoms with Gasteiger partial charge in [0.25, 0.3) is 0 Å². The van der Waals surface area contributed by atoms with Gasteiger partial charge in [-0.1, -0.05) is 27.7 Å². The fourth-order valence-corrected chi connectivity index (χ4v) is 2.43. The molecular formula is C14H20N4. The second kappa shape index (κ2) is 5.38.